The molecule has 3 unspecified atom stereocenters. The van der Waals surface area contributed by atoms with Crippen LogP contribution in [0.4, 0.5) is 0 Å². The molecule has 0 radical (unpaired) electrons. The molecule has 0 spiro atoms. The van der Waals surface area contributed by atoms with Gasteiger partial charge in [-0.3, -0.25) is 9.59 Å². The van der Waals surface area contributed by atoms with Crippen LogP contribution in [-0.2, 0) is 9.59 Å². The third-order valence-corrected chi connectivity index (χ3v) is 12.3. The van der Waals surface area contributed by atoms with E-state index in [1.54, 1.807) is 0 Å². The number of allylic oxidation sites excluding steroid dienone is 2. The average molecular weight is 457 g/mol. The van der Waals surface area contributed by atoms with E-state index in [0.717, 1.165) is 51.4 Å². The maximum atomic E-state index is 14.1. The van der Waals surface area contributed by atoms with Crippen LogP contribution in [0.2, 0.25) is 0 Å². The van der Waals surface area contributed by atoms with E-state index >= 15 is 0 Å². The van der Waals surface area contributed by atoms with Crippen molar-refractivity contribution in [1.82, 2.24) is 0 Å². The fourth-order valence-electron chi connectivity index (χ4n) is 10.1. The molecule has 0 aromatic heterocycles. The summed E-state index contributed by atoms with van der Waals surface area (Å²) in [6.45, 7) is 13.4. The predicted molar refractivity (Wildman–Crippen MR) is 128 cm³/mol. The molecule has 5 aliphatic rings. The van der Waals surface area contributed by atoms with E-state index in [-0.39, 0.29) is 45.4 Å². The number of aliphatic carboxylic acids is 1. The molecule has 0 heterocycles. The van der Waals surface area contributed by atoms with Gasteiger partial charge in [-0.05, 0) is 110 Å². The number of carbonyl (C=O) groups is 2. The molecule has 0 saturated heterocycles. The summed E-state index contributed by atoms with van der Waals surface area (Å²) in [6, 6.07) is 0. The van der Waals surface area contributed by atoms with Gasteiger partial charge in [0.15, 0.2) is 5.78 Å². The summed E-state index contributed by atoms with van der Waals surface area (Å²) in [7, 11) is 0. The standard InChI is InChI=1S/C29H44O4/c1-25(2)21-8-11-28(5)18-7-10-26(3)13-14-27(4,24(32)33)16-19(26)17(18)15-20(30)23(28)29(21,6)12-9-22(25)31/h15,18-19,21-23,31H,7-14,16H2,1-6H3,(H,32,33)/t18?,19-,21?,22-,23?,26-,27-,28-,29-/m0/s1. The van der Waals surface area contributed by atoms with Gasteiger partial charge in [0.2, 0.25) is 0 Å². The van der Waals surface area contributed by atoms with Crippen LogP contribution in [0.15, 0.2) is 11.6 Å². The average Bonchev–Trinajstić information content (AvgIpc) is 2.71. The van der Waals surface area contributed by atoms with Crippen molar-refractivity contribution in [2.45, 2.75) is 105 Å². The number of aliphatic hydroxyl groups excluding tert-OH is 1. The van der Waals surface area contributed by atoms with Crippen LogP contribution < -0.4 is 0 Å². The summed E-state index contributed by atoms with van der Waals surface area (Å²) >= 11 is 0. The van der Waals surface area contributed by atoms with Crippen molar-refractivity contribution < 1.29 is 19.8 Å². The number of hydrogen-bond donors (Lipinski definition) is 2. The third kappa shape index (κ3) is 2.98. The molecule has 9 atom stereocenters. The first-order chi connectivity index (χ1) is 15.2. The van der Waals surface area contributed by atoms with E-state index in [0.29, 0.717) is 18.3 Å². The Labute approximate surface area is 199 Å². The SMILES string of the molecule is CC1(C)C2CC[C@@]3(C)C4CC[C@@]5(C)CC[C@](C)(C(=O)O)C[C@H]5C4=CC(=O)C3[C@@]2(C)CC[C@@H]1O. The maximum Gasteiger partial charge on any atom is 0.309 e. The number of ketones is 1. The second-order valence-electron chi connectivity index (χ2n) is 14.3. The van der Waals surface area contributed by atoms with Gasteiger partial charge in [-0.2, -0.15) is 0 Å². The molecule has 33 heavy (non-hydrogen) atoms. The van der Waals surface area contributed by atoms with Gasteiger partial charge in [0.25, 0.3) is 0 Å². The van der Waals surface area contributed by atoms with Gasteiger partial charge in [0, 0.05) is 5.92 Å². The molecule has 184 valence electrons. The number of hydrogen-bond acceptors (Lipinski definition) is 3. The molecule has 4 saturated carbocycles. The number of carbonyl (C=O) groups excluding carboxylic acids is 1. The Morgan fingerprint density at radius 2 is 1.55 bits per heavy atom. The Kier molecular flexibility index (Phi) is 4.97. The fraction of sp³-hybridized carbons (Fsp3) is 0.862. The third-order valence-electron chi connectivity index (χ3n) is 12.3. The Hall–Kier alpha value is -1.16. The molecule has 0 aliphatic heterocycles. The normalized spacial score (nSPS) is 53.1. The highest BCUT2D eigenvalue weighted by Gasteiger charge is 2.67. The summed E-state index contributed by atoms with van der Waals surface area (Å²) in [5, 5.41) is 20.8. The zero-order valence-electron chi connectivity index (χ0n) is 21.5. The molecule has 5 rings (SSSR count). The van der Waals surface area contributed by atoms with Crippen molar-refractivity contribution in [2.24, 2.45) is 50.7 Å². The van der Waals surface area contributed by atoms with Crippen molar-refractivity contribution in [1.29, 1.82) is 0 Å². The Balaban J connectivity index is 1.57. The van der Waals surface area contributed by atoms with Crippen molar-refractivity contribution in [3.63, 3.8) is 0 Å². The Morgan fingerprint density at radius 1 is 0.879 bits per heavy atom. The number of carboxylic acids is 1. The van der Waals surface area contributed by atoms with Crippen LogP contribution in [0.25, 0.3) is 0 Å². The summed E-state index contributed by atoms with van der Waals surface area (Å²) in [4.78, 5) is 26.2. The van der Waals surface area contributed by atoms with Crippen molar-refractivity contribution in [3.8, 4) is 0 Å². The first-order valence-electron chi connectivity index (χ1n) is 13.4. The van der Waals surface area contributed by atoms with Crippen molar-refractivity contribution in [3.05, 3.63) is 11.6 Å². The van der Waals surface area contributed by atoms with E-state index in [1.807, 2.05) is 13.0 Å². The molecule has 0 aromatic carbocycles. The van der Waals surface area contributed by atoms with Crippen LogP contribution >= 0.6 is 0 Å². The van der Waals surface area contributed by atoms with Crippen LogP contribution in [0, 0.1) is 50.7 Å². The quantitative estimate of drug-likeness (QED) is 0.506. The van der Waals surface area contributed by atoms with E-state index in [9.17, 15) is 19.8 Å². The second-order valence-corrected chi connectivity index (χ2v) is 14.3. The highest BCUT2D eigenvalue weighted by Crippen LogP contribution is 2.71. The zero-order chi connectivity index (χ0) is 24.2. The lowest BCUT2D eigenvalue weighted by molar-refractivity contribution is -0.188. The van der Waals surface area contributed by atoms with Crippen molar-refractivity contribution in [2.75, 3.05) is 0 Å². The van der Waals surface area contributed by atoms with Gasteiger partial charge in [-0.25, -0.2) is 0 Å². The van der Waals surface area contributed by atoms with E-state index < -0.39 is 11.4 Å². The highest BCUT2D eigenvalue weighted by atomic mass is 16.4. The smallest absolute Gasteiger partial charge is 0.309 e. The number of carboxylic acid groups (broad SMARTS) is 1. The van der Waals surface area contributed by atoms with Gasteiger partial charge in [-0.1, -0.05) is 40.2 Å². The molecular weight excluding hydrogens is 412 g/mol. The summed E-state index contributed by atoms with van der Waals surface area (Å²) < 4.78 is 0. The minimum absolute atomic E-state index is 0.00285. The molecule has 0 bridgehead atoms. The van der Waals surface area contributed by atoms with Crippen LogP contribution in [0.1, 0.15) is 99.3 Å². The lowest BCUT2D eigenvalue weighted by atomic mass is 9.37. The van der Waals surface area contributed by atoms with E-state index in [1.165, 1.54) is 5.57 Å². The molecule has 0 aromatic rings. The Morgan fingerprint density at radius 3 is 2.21 bits per heavy atom. The molecule has 2 N–H and O–H groups in total. The molecule has 0 amide bonds. The van der Waals surface area contributed by atoms with Gasteiger partial charge in [0.05, 0.1) is 11.5 Å². The van der Waals surface area contributed by atoms with E-state index in [4.69, 9.17) is 0 Å². The highest BCUT2D eigenvalue weighted by molar-refractivity contribution is 5.95. The monoisotopic (exact) mass is 456 g/mol. The molecule has 4 nitrogen and oxygen atoms in total. The number of rotatable bonds is 1. The van der Waals surface area contributed by atoms with Gasteiger partial charge in [-0.15, -0.1) is 0 Å². The molecular formula is C29H44O4. The lowest BCUT2D eigenvalue weighted by Gasteiger charge is -2.67. The van der Waals surface area contributed by atoms with E-state index in [2.05, 4.69) is 34.6 Å². The molecule has 4 fully saturated rings. The summed E-state index contributed by atoms with van der Waals surface area (Å²) in [5.41, 5.74) is 0.383. The number of aliphatic hydroxyl groups is 1. The van der Waals surface area contributed by atoms with Crippen LogP contribution in [-0.4, -0.2) is 28.1 Å². The minimum atomic E-state index is -0.694. The summed E-state index contributed by atoms with van der Waals surface area (Å²) in [6.07, 6.45) is 10.1. The van der Waals surface area contributed by atoms with Gasteiger partial charge >= 0.3 is 5.97 Å². The predicted octanol–water partition coefficient (Wildman–Crippen LogP) is 6.02. The molecule has 5 aliphatic carbocycles. The fourth-order valence-corrected chi connectivity index (χ4v) is 10.1. The first-order valence-corrected chi connectivity index (χ1v) is 13.4. The van der Waals surface area contributed by atoms with Gasteiger partial charge < -0.3 is 10.2 Å². The second kappa shape index (κ2) is 6.95. The van der Waals surface area contributed by atoms with Gasteiger partial charge in [0.1, 0.15) is 0 Å². The van der Waals surface area contributed by atoms with Crippen LogP contribution in [0.5, 0.6) is 0 Å². The summed E-state index contributed by atoms with van der Waals surface area (Å²) in [5.74, 6) is 0.530. The first kappa shape index (κ1) is 23.6. The Bertz CT molecular complexity index is 919. The van der Waals surface area contributed by atoms with Crippen LogP contribution in [0.3, 0.4) is 0 Å². The largest absolute Gasteiger partial charge is 0.481 e. The van der Waals surface area contributed by atoms with Crippen molar-refractivity contribution >= 4 is 11.8 Å². The lowest BCUT2D eigenvalue weighted by Crippen LogP contribution is -2.64. The zero-order valence-corrected chi connectivity index (χ0v) is 21.5. The topological polar surface area (TPSA) is 74.6 Å². The maximum absolute atomic E-state index is 14.1. The minimum Gasteiger partial charge on any atom is -0.481 e. The molecule has 4 heteroatoms. The number of fused-ring (bicyclic) bond motifs is 7.